The van der Waals surface area contributed by atoms with Crippen LogP contribution in [-0.4, -0.2) is 30.6 Å². The van der Waals surface area contributed by atoms with E-state index in [-0.39, 0.29) is 30.6 Å². The van der Waals surface area contributed by atoms with Crippen molar-refractivity contribution in [2.24, 2.45) is 0 Å². The smallest absolute Gasteiger partial charge is 0.123 e. The second-order valence-corrected chi connectivity index (χ2v) is 7.59. The maximum absolute atomic E-state index is 13.6. The van der Waals surface area contributed by atoms with Gasteiger partial charge in [0.05, 0.1) is 0 Å². The van der Waals surface area contributed by atoms with Gasteiger partial charge in [0.1, 0.15) is 5.82 Å². The first-order valence-corrected chi connectivity index (χ1v) is 9.54. The Morgan fingerprint density at radius 1 is 1.04 bits per heavy atom. The average Bonchev–Trinajstić information content (AvgIpc) is 2.96. The van der Waals surface area contributed by atoms with Crippen molar-refractivity contribution in [1.82, 2.24) is 4.90 Å². The zero-order valence-electron chi connectivity index (χ0n) is 15.7. The van der Waals surface area contributed by atoms with Gasteiger partial charge in [-0.25, -0.2) is 4.39 Å². The summed E-state index contributed by atoms with van der Waals surface area (Å²) in [5.74, 6) is 1.00. The van der Waals surface area contributed by atoms with Crippen molar-refractivity contribution in [2.45, 2.75) is 44.1 Å². The molecule has 2 aliphatic rings. The van der Waals surface area contributed by atoms with Gasteiger partial charge >= 0.3 is 0 Å². The van der Waals surface area contributed by atoms with Crippen LogP contribution < -0.4 is 5.32 Å². The fourth-order valence-electron chi connectivity index (χ4n) is 4.53. The van der Waals surface area contributed by atoms with Crippen LogP contribution in [0.3, 0.4) is 0 Å². The van der Waals surface area contributed by atoms with Crippen LogP contribution in [-0.2, 0) is 0 Å². The van der Waals surface area contributed by atoms with Gasteiger partial charge in [-0.1, -0.05) is 30.3 Å². The predicted octanol–water partition coefficient (Wildman–Crippen LogP) is 5.84. The highest BCUT2D eigenvalue weighted by Gasteiger charge is 2.30. The number of piperidine rings is 1. The molecule has 0 bridgehead atoms. The van der Waals surface area contributed by atoms with E-state index in [1.54, 1.807) is 12.1 Å². The van der Waals surface area contributed by atoms with Crippen LogP contribution >= 0.6 is 24.8 Å². The number of hydrogen-bond acceptors (Lipinski definition) is 2. The lowest BCUT2D eigenvalue weighted by Gasteiger charge is -2.33. The number of fused-ring (bicyclic) bond motifs is 1. The molecule has 2 aromatic carbocycles. The van der Waals surface area contributed by atoms with Gasteiger partial charge in [-0.2, -0.15) is 0 Å². The van der Waals surface area contributed by atoms with Gasteiger partial charge in [-0.3, -0.25) is 0 Å². The molecule has 0 aromatic heterocycles. The molecule has 0 amide bonds. The fourth-order valence-corrected chi connectivity index (χ4v) is 4.53. The number of nitrogens with zero attached hydrogens (tertiary/aromatic N) is 1. The topological polar surface area (TPSA) is 15.3 Å². The first kappa shape index (κ1) is 22.0. The first-order valence-electron chi connectivity index (χ1n) is 9.54. The summed E-state index contributed by atoms with van der Waals surface area (Å²) in [7, 11) is 0. The molecule has 0 radical (unpaired) electrons. The molecular formula is C22H29Cl2FN2. The van der Waals surface area contributed by atoms with Crippen molar-refractivity contribution >= 4 is 30.5 Å². The molecule has 0 spiro atoms. The predicted molar refractivity (Wildman–Crippen MR) is 116 cm³/mol. The fraction of sp³-hybridized carbons (Fsp3) is 0.455. The van der Waals surface area contributed by atoms with Crippen molar-refractivity contribution in [2.75, 3.05) is 25.0 Å². The molecule has 0 aliphatic carbocycles. The molecule has 2 nitrogen and oxygen atoms in total. The van der Waals surface area contributed by atoms with Gasteiger partial charge in [0, 0.05) is 17.6 Å². The number of halogens is 3. The van der Waals surface area contributed by atoms with Gasteiger partial charge in [0.25, 0.3) is 0 Å². The third-order valence-corrected chi connectivity index (χ3v) is 6.01. The van der Waals surface area contributed by atoms with Crippen LogP contribution in [0.5, 0.6) is 0 Å². The lowest BCUT2D eigenvalue weighted by atomic mass is 9.88. The van der Waals surface area contributed by atoms with E-state index >= 15 is 0 Å². The van der Waals surface area contributed by atoms with Crippen LogP contribution in [0.15, 0.2) is 48.5 Å². The van der Waals surface area contributed by atoms with Crippen LogP contribution in [0.4, 0.5) is 10.1 Å². The van der Waals surface area contributed by atoms with Crippen LogP contribution in [0.1, 0.15) is 49.1 Å². The SMILES string of the molecule is C[C@H]1Nc2ccc(F)cc2[C@H]1CCN1CCC(c2ccccc2)CC1.Cl.Cl. The van der Waals surface area contributed by atoms with E-state index in [2.05, 4.69) is 47.5 Å². The summed E-state index contributed by atoms with van der Waals surface area (Å²) in [6.07, 6.45) is 3.59. The van der Waals surface area contributed by atoms with Crippen molar-refractivity contribution in [3.8, 4) is 0 Å². The second kappa shape index (κ2) is 9.77. The van der Waals surface area contributed by atoms with Gasteiger partial charge in [-0.05, 0) is 81.1 Å². The standard InChI is InChI=1S/C22H27FN2.2ClH/c1-16-20(21-15-19(23)7-8-22(21)24-16)11-14-25-12-9-18(10-13-25)17-5-3-2-4-6-17;;/h2-8,15-16,18,20,24H,9-14H2,1H3;2*1H/t16-,20+;;/m1../s1. The number of benzene rings is 2. The first-order chi connectivity index (χ1) is 12.2. The van der Waals surface area contributed by atoms with Gasteiger partial charge in [0.2, 0.25) is 0 Å². The van der Waals surface area contributed by atoms with Gasteiger partial charge < -0.3 is 10.2 Å². The summed E-state index contributed by atoms with van der Waals surface area (Å²) < 4.78 is 13.6. The lowest BCUT2D eigenvalue weighted by molar-refractivity contribution is 0.204. The highest BCUT2D eigenvalue weighted by atomic mass is 35.5. The van der Waals surface area contributed by atoms with E-state index < -0.39 is 0 Å². The Morgan fingerprint density at radius 3 is 2.44 bits per heavy atom. The minimum absolute atomic E-state index is 0. The number of rotatable bonds is 4. The summed E-state index contributed by atoms with van der Waals surface area (Å²) in [4.78, 5) is 2.59. The Labute approximate surface area is 174 Å². The van der Waals surface area contributed by atoms with E-state index in [9.17, 15) is 4.39 Å². The number of hydrogen-bond donors (Lipinski definition) is 1. The van der Waals surface area contributed by atoms with E-state index in [1.807, 2.05) is 6.07 Å². The molecule has 2 aliphatic heterocycles. The molecule has 4 rings (SSSR count). The van der Waals surface area contributed by atoms with Crippen molar-refractivity contribution < 1.29 is 4.39 Å². The van der Waals surface area contributed by atoms with Crippen LogP contribution in [0.2, 0.25) is 0 Å². The molecule has 2 aromatic rings. The van der Waals surface area contributed by atoms with Crippen molar-refractivity contribution in [3.63, 3.8) is 0 Å². The summed E-state index contributed by atoms with van der Waals surface area (Å²) >= 11 is 0. The van der Waals surface area contributed by atoms with Crippen molar-refractivity contribution in [1.29, 1.82) is 0 Å². The molecule has 0 unspecified atom stereocenters. The lowest BCUT2D eigenvalue weighted by Crippen LogP contribution is -2.35. The summed E-state index contributed by atoms with van der Waals surface area (Å²) in [5.41, 5.74) is 3.76. The molecule has 1 saturated heterocycles. The second-order valence-electron chi connectivity index (χ2n) is 7.59. The molecule has 0 saturated carbocycles. The Bertz CT molecular complexity index is 718. The Kier molecular flexibility index (Phi) is 7.96. The molecule has 1 fully saturated rings. The summed E-state index contributed by atoms with van der Waals surface area (Å²) in [5, 5.41) is 3.51. The molecule has 2 heterocycles. The molecule has 2 atom stereocenters. The van der Waals surface area contributed by atoms with Crippen LogP contribution in [0, 0.1) is 5.82 Å². The summed E-state index contributed by atoms with van der Waals surface area (Å²) in [6.45, 7) is 5.66. The summed E-state index contributed by atoms with van der Waals surface area (Å²) in [6, 6.07) is 16.4. The van der Waals surface area contributed by atoms with Gasteiger partial charge in [0.15, 0.2) is 0 Å². The largest absolute Gasteiger partial charge is 0.382 e. The highest BCUT2D eigenvalue weighted by Crippen LogP contribution is 2.38. The minimum Gasteiger partial charge on any atom is -0.382 e. The highest BCUT2D eigenvalue weighted by molar-refractivity contribution is 5.85. The Balaban J connectivity index is 0.00000131. The van der Waals surface area contributed by atoms with E-state index in [0.717, 1.165) is 24.2 Å². The van der Waals surface area contributed by atoms with E-state index in [4.69, 9.17) is 0 Å². The maximum Gasteiger partial charge on any atom is 0.123 e. The number of nitrogens with one attached hydrogen (secondary N) is 1. The normalized spacial score (nSPS) is 22.3. The minimum atomic E-state index is -0.122. The molecule has 148 valence electrons. The zero-order valence-corrected chi connectivity index (χ0v) is 17.4. The quantitative estimate of drug-likeness (QED) is 0.680. The maximum atomic E-state index is 13.6. The molecule has 5 heteroatoms. The van der Waals surface area contributed by atoms with E-state index in [1.165, 1.54) is 31.5 Å². The third-order valence-electron chi connectivity index (χ3n) is 6.01. The van der Waals surface area contributed by atoms with Crippen molar-refractivity contribution in [3.05, 3.63) is 65.5 Å². The van der Waals surface area contributed by atoms with Gasteiger partial charge in [-0.15, -0.1) is 24.8 Å². The van der Waals surface area contributed by atoms with E-state index in [0.29, 0.717) is 17.9 Å². The Hall–Kier alpha value is -1.29. The zero-order chi connectivity index (χ0) is 17.2. The Morgan fingerprint density at radius 2 is 1.74 bits per heavy atom. The average molecular weight is 411 g/mol. The molecule has 27 heavy (non-hydrogen) atoms. The third kappa shape index (κ3) is 4.96. The molecular weight excluding hydrogens is 382 g/mol. The molecule has 1 N–H and O–H groups in total. The van der Waals surface area contributed by atoms with Crippen LogP contribution in [0.25, 0.3) is 0 Å². The number of likely N-dealkylation sites (tertiary alicyclic amines) is 1. The monoisotopic (exact) mass is 410 g/mol. The number of anilines is 1.